The maximum absolute atomic E-state index is 10.5. The van der Waals surface area contributed by atoms with Crippen LogP contribution in [-0.4, -0.2) is 32.3 Å². The molecule has 0 saturated heterocycles. The van der Waals surface area contributed by atoms with Crippen LogP contribution in [-0.2, 0) is 10.1 Å². The molecule has 0 amide bonds. The zero-order valence-electron chi connectivity index (χ0n) is 10.7. The first-order chi connectivity index (χ1) is 8.96. The number of hydrogen-bond acceptors (Lipinski definition) is 4. The lowest BCUT2D eigenvalue weighted by Crippen LogP contribution is -2.21. The van der Waals surface area contributed by atoms with Gasteiger partial charge in [-0.05, 0) is 29.3 Å². The molecule has 0 fully saturated rings. The highest BCUT2D eigenvalue weighted by Gasteiger charge is 2.03. The van der Waals surface area contributed by atoms with Crippen molar-refractivity contribution in [3.8, 4) is 0 Å². The molecule has 2 aromatic rings. The van der Waals surface area contributed by atoms with Crippen LogP contribution in [0.25, 0.3) is 10.8 Å². The van der Waals surface area contributed by atoms with Crippen molar-refractivity contribution in [3.05, 3.63) is 42.5 Å². The molecule has 2 rings (SSSR count). The number of rotatable bonds is 5. The van der Waals surface area contributed by atoms with Gasteiger partial charge in [0.05, 0.1) is 10.1 Å². The highest BCUT2D eigenvalue weighted by Crippen LogP contribution is 2.21. The van der Waals surface area contributed by atoms with Crippen LogP contribution >= 0.6 is 0 Å². The summed E-state index contributed by atoms with van der Waals surface area (Å²) < 4.78 is 31.6. The summed E-state index contributed by atoms with van der Waals surface area (Å²) in [4.78, 5) is 1.96. The van der Waals surface area contributed by atoms with Crippen molar-refractivity contribution < 1.29 is 13.0 Å². The monoisotopic (exact) mass is 278 g/mol. The summed E-state index contributed by atoms with van der Waals surface area (Å²) in [5, 5.41) is 2.31. The maximum atomic E-state index is 10.5. The van der Waals surface area contributed by atoms with Crippen molar-refractivity contribution in [2.75, 3.05) is 24.2 Å². The van der Waals surface area contributed by atoms with Crippen LogP contribution in [0.5, 0.6) is 0 Å². The molecule has 2 aromatic carbocycles. The Hall–Kier alpha value is -1.59. The summed E-state index contributed by atoms with van der Waals surface area (Å²) in [6.07, 6.45) is 0.342. The highest BCUT2D eigenvalue weighted by atomic mass is 32.2. The molecular formula is C14H16NO3S-. The van der Waals surface area contributed by atoms with E-state index in [9.17, 15) is 13.0 Å². The largest absolute Gasteiger partial charge is 0.748 e. The Bertz CT molecular complexity index is 667. The van der Waals surface area contributed by atoms with E-state index in [-0.39, 0.29) is 5.75 Å². The van der Waals surface area contributed by atoms with Gasteiger partial charge in [0.15, 0.2) is 0 Å². The Labute approximate surface area is 113 Å². The molecule has 0 atom stereocenters. The van der Waals surface area contributed by atoms with Crippen LogP contribution in [0.1, 0.15) is 6.42 Å². The third kappa shape index (κ3) is 3.94. The molecule has 0 aliphatic heterocycles. The molecule has 0 aliphatic rings. The maximum Gasteiger partial charge on any atom is 0.0946 e. The van der Waals surface area contributed by atoms with E-state index in [2.05, 4.69) is 6.07 Å². The van der Waals surface area contributed by atoms with Gasteiger partial charge in [0.2, 0.25) is 0 Å². The summed E-state index contributed by atoms with van der Waals surface area (Å²) >= 11 is 0. The van der Waals surface area contributed by atoms with E-state index >= 15 is 0 Å². The summed E-state index contributed by atoms with van der Waals surface area (Å²) in [5.74, 6) is -0.315. The fourth-order valence-corrected chi connectivity index (χ4v) is 2.50. The summed E-state index contributed by atoms with van der Waals surface area (Å²) in [5.41, 5.74) is 1.02. The lowest BCUT2D eigenvalue weighted by atomic mass is 10.1. The zero-order chi connectivity index (χ0) is 13.9. The van der Waals surface area contributed by atoms with Crippen molar-refractivity contribution >= 4 is 26.6 Å². The van der Waals surface area contributed by atoms with Crippen LogP contribution in [0.3, 0.4) is 0 Å². The Morgan fingerprint density at radius 2 is 1.79 bits per heavy atom. The molecule has 0 bridgehead atoms. The van der Waals surface area contributed by atoms with Gasteiger partial charge in [0.1, 0.15) is 0 Å². The van der Waals surface area contributed by atoms with E-state index < -0.39 is 10.1 Å². The average molecular weight is 278 g/mol. The van der Waals surface area contributed by atoms with Crippen molar-refractivity contribution in [1.82, 2.24) is 0 Å². The van der Waals surface area contributed by atoms with E-state index in [1.807, 2.05) is 48.3 Å². The first-order valence-electron chi connectivity index (χ1n) is 6.09. The average Bonchev–Trinajstić information content (AvgIpc) is 2.36. The second kappa shape index (κ2) is 5.59. The molecule has 0 saturated carbocycles. The van der Waals surface area contributed by atoms with E-state index in [0.717, 1.165) is 11.1 Å². The Morgan fingerprint density at radius 1 is 1.11 bits per heavy atom. The van der Waals surface area contributed by atoms with Crippen molar-refractivity contribution in [2.45, 2.75) is 6.42 Å². The van der Waals surface area contributed by atoms with Gasteiger partial charge in [-0.25, -0.2) is 8.42 Å². The first-order valence-corrected chi connectivity index (χ1v) is 7.67. The molecule has 0 heterocycles. The molecular weight excluding hydrogens is 262 g/mol. The molecule has 0 unspecified atom stereocenters. The van der Waals surface area contributed by atoms with Gasteiger partial charge in [-0.1, -0.05) is 30.3 Å². The Balaban J connectivity index is 2.06. The normalized spacial score (nSPS) is 11.7. The minimum atomic E-state index is -4.11. The number of anilines is 1. The van der Waals surface area contributed by atoms with Crippen molar-refractivity contribution in [1.29, 1.82) is 0 Å². The SMILES string of the molecule is CN(CCCS(=O)(=O)[O-])c1ccc2ccccc2c1. The molecule has 5 heteroatoms. The highest BCUT2D eigenvalue weighted by molar-refractivity contribution is 7.85. The van der Waals surface area contributed by atoms with E-state index in [1.165, 1.54) is 5.39 Å². The molecule has 19 heavy (non-hydrogen) atoms. The first kappa shape index (κ1) is 13.8. The van der Waals surface area contributed by atoms with Gasteiger partial charge in [-0.15, -0.1) is 0 Å². The van der Waals surface area contributed by atoms with Gasteiger partial charge in [-0.3, -0.25) is 0 Å². The van der Waals surface area contributed by atoms with E-state index in [4.69, 9.17) is 0 Å². The van der Waals surface area contributed by atoms with Crippen LogP contribution < -0.4 is 4.90 Å². The molecule has 0 aliphatic carbocycles. The fraction of sp³-hybridized carbons (Fsp3) is 0.286. The quantitative estimate of drug-likeness (QED) is 0.787. The standard InChI is InChI=1S/C14H17NO3S/c1-15(9-4-10-19(16,17)18)14-8-7-12-5-2-3-6-13(12)11-14/h2-3,5-8,11H,4,9-10H2,1H3,(H,16,17,18)/p-1. The van der Waals surface area contributed by atoms with E-state index in [1.54, 1.807) is 0 Å². The fourth-order valence-electron chi connectivity index (χ4n) is 2.02. The smallest absolute Gasteiger partial charge is 0.0946 e. The van der Waals surface area contributed by atoms with Crippen molar-refractivity contribution in [2.24, 2.45) is 0 Å². The molecule has 102 valence electrons. The van der Waals surface area contributed by atoms with Gasteiger partial charge in [0, 0.05) is 25.0 Å². The minimum Gasteiger partial charge on any atom is -0.748 e. The third-order valence-corrected chi connectivity index (χ3v) is 3.85. The van der Waals surface area contributed by atoms with Crippen LogP contribution in [0.15, 0.2) is 42.5 Å². The van der Waals surface area contributed by atoms with Crippen LogP contribution in [0.2, 0.25) is 0 Å². The number of hydrogen-bond donors (Lipinski definition) is 0. The molecule has 0 aromatic heterocycles. The Morgan fingerprint density at radius 3 is 2.47 bits per heavy atom. The van der Waals surface area contributed by atoms with Crippen LogP contribution in [0, 0.1) is 0 Å². The third-order valence-electron chi connectivity index (χ3n) is 3.06. The molecule has 4 nitrogen and oxygen atoms in total. The minimum absolute atomic E-state index is 0.315. The summed E-state index contributed by atoms with van der Waals surface area (Å²) in [6, 6.07) is 14.1. The van der Waals surface area contributed by atoms with E-state index in [0.29, 0.717) is 13.0 Å². The zero-order valence-corrected chi connectivity index (χ0v) is 11.6. The number of nitrogens with zero attached hydrogens (tertiary/aromatic N) is 1. The van der Waals surface area contributed by atoms with Gasteiger partial charge < -0.3 is 9.45 Å². The second-order valence-electron chi connectivity index (χ2n) is 4.57. The number of fused-ring (bicyclic) bond motifs is 1. The summed E-state index contributed by atoms with van der Waals surface area (Å²) in [7, 11) is -2.22. The predicted octanol–water partition coefficient (Wildman–Crippen LogP) is 2.21. The molecule has 0 radical (unpaired) electrons. The lowest BCUT2D eigenvalue weighted by Gasteiger charge is -2.20. The van der Waals surface area contributed by atoms with Gasteiger partial charge in [0.25, 0.3) is 0 Å². The topological polar surface area (TPSA) is 60.4 Å². The number of benzene rings is 2. The van der Waals surface area contributed by atoms with Crippen molar-refractivity contribution in [3.63, 3.8) is 0 Å². The summed E-state index contributed by atoms with van der Waals surface area (Å²) in [6.45, 7) is 0.541. The second-order valence-corrected chi connectivity index (χ2v) is 6.09. The van der Waals surface area contributed by atoms with Gasteiger partial charge >= 0.3 is 0 Å². The lowest BCUT2D eigenvalue weighted by molar-refractivity contribution is 0.461. The van der Waals surface area contributed by atoms with Gasteiger partial charge in [-0.2, -0.15) is 0 Å². The van der Waals surface area contributed by atoms with Crippen LogP contribution in [0.4, 0.5) is 5.69 Å². The predicted molar refractivity (Wildman–Crippen MR) is 76.4 cm³/mol. The molecule has 0 spiro atoms. The Kier molecular flexibility index (Phi) is 4.07. The molecule has 0 N–H and O–H groups in total.